The number of carbonyl (C=O) groups excluding carboxylic acids is 1. The van der Waals surface area contributed by atoms with Gasteiger partial charge in [-0.3, -0.25) is 0 Å². The van der Waals surface area contributed by atoms with Crippen LogP contribution in [0.1, 0.15) is 41.0 Å². The van der Waals surface area contributed by atoms with Gasteiger partial charge in [-0.1, -0.05) is 81.4 Å². The van der Waals surface area contributed by atoms with Crippen LogP contribution in [0.5, 0.6) is 0 Å². The average molecular weight is 443 g/mol. The fraction of sp³-hybridized carbons (Fsp3) is 0.480. The summed E-state index contributed by atoms with van der Waals surface area (Å²) >= 11 is 0. The van der Waals surface area contributed by atoms with E-state index in [9.17, 15) is 4.79 Å². The summed E-state index contributed by atoms with van der Waals surface area (Å²) < 4.78 is 23.8. The lowest BCUT2D eigenvalue weighted by Crippen LogP contribution is -2.67. The van der Waals surface area contributed by atoms with Crippen molar-refractivity contribution in [1.82, 2.24) is 0 Å². The van der Waals surface area contributed by atoms with Crippen molar-refractivity contribution < 1.29 is 23.4 Å². The van der Waals surface area contributed by atoms with Crippen LogP contribution in [0.4, 0.5) is 0 Å². The third kappa shape index (κ3) is 5.09. The Morgan fingerprint density at radius 3 is 1.97 bits per heavy atom. The van der Waals surface area contributed by atoms with E-state index in [0.29, 0.717) is 13.0 Å². The van der Waals surface area contributed by atoms with Gasteiger partial charge < -0.3 is 18.6 Å². The van der Waals surface area contributed by atoms with Gasteiger partial charge in [0.05, 0.1) is 19.8 Å². The summed E-state index contributed by atoms with van der Waals surface area (Å²) in [6, 6.07) is 21.0. The van der Waals surface area contributed by atoms with Gasteiger partial charge in [0.15, 0.2) is 11.9 Å². The lowest BCUT2D eigenvalue weighted by atomic mass is 10.1. The molecule has 0 saturated carbocycles. The molecule has 3 rings (SSSR count). The van der Waals surface area contributed by atoms with Crippen LogP contribution >= 0.6 is 0 Å². The first kappa shape index (κ1) is 23.7. The van der Waals surface area contributed by atoms with Gasteiger partial charge in [0.1, 0.15) is 0 Å². The van der Waals surface area contributed by atoms with Crippen LogP contribution in [0.2, 0.25) is 5.04 Å². The summed E-state index contributed by atoms with van der Waals surface area (Å²) in [7, 11) is -1.30. The molecule has 0 aromatic heterocycles. The van der Waals surface area contributed by atoms with E-state index in [0.717, 1.165) is 0 Å². The van der Waals surface area contributed by atoms with E-state index in [1.165, 1.54) is 17.5 Å². The fourth-order valence-electron chi connectivity index (χ4n) is 4.46. The van der Waals surface area contributed by atoms with E-state index < -0.39 is 20.2 Å². The van der Waals surface area contributed by atoms with Crippen LogP contribution in [-0.4, -0.2) is 46.0 Å². The first-order chi connectivity index (χ1) is 14.6. The van der Waals surface area contributed by atoms with E-state index in [2.05, 4.69) is 69.3 Å². The first-order valence-electron chi connectivity index (χ1n) is 10.8. The molecule has 1 saturated heterocycles. The molecule has 0 N–H and O–H groups in total. The van der Waals surface area contributed by atoms with Gasteiger partial charge in [-0.2, -0.15) is 0 Å². The highest BCUT2D eigenvalue weighted by Crippen LogP contribution is 2.37. The molecule has 0 aliphatic carbocycles. The Hall–Kier alpha value is -1.99. The van der Waals surface area contributed by atoms with Crippen molar-refractivity contribution in [2.75, 3.05) is 13.7 Å². The third-order valence-electron chi connectivity index (χ3n) is 5.72. The number of ether oxygens (including phenoxy) is 3. The second-order valence-corrected chi connectivity index (χ2v) is 13.8. The largest absolute Gasteiger partial charge is 0.467 e. The first-order valence-corrected chi connectivity index (χ1v) is 12.7. The molecule has 0 radical (unpaired) electrons. The quantitative estimate of drug-likeness (QED) is 0.505. The maximum absolute atomic E-state index is 12.2. The highest BCUT2D eigenvalue weighted by atomic mass is 28.4. The van der Waals surface area contributed by atoms with Gasteiger partial charge in [-0.15, -0.1) is 0 Å². The van der Waals surface area contributed by atoms with E-state index in [4.69, 9.17) is 18.6 Å². The molecule has 1 aliphatic rings. The Bertz CT molecular complexity index is 821. The lowest BCUT2D eigenvalue weighted by molar-refractivity contribution is -0.300. The zero-order chi connectivity index (χ0) is 22.7. The Morgan fingerprint density at radius 1 is 1.00 bits per heavy atom. The van der Waals surface area contributed by atoms with Gasteiger partial charge in [0, 0.05) is 6.42 Å². The topological polar surface area (TPSA) is 54.0 Å². The normalized spacial score (nSPS) is 21.5. The molecule has 1 fully saturated rings. The molecule has 0 amide bonds. The van der Waals surface area contributed by atoms with Gasteiger partial charge in [-0.05, 0) is 29.3 Å². The predicted molar refractivity (Wildman–Crippen MR) is 124 cm³/mol. The van der Waals surface area contributed by atoms with Crippen LogP contribution in [0.25, 0.3) is 0 Å². The summed E-state index contributed by atoms with van der Waals surface area (Å²) in [4.78, 5) is 12.2. The molecule has 2 aromatic rings. The van der Waals surface area contributed by atoms with E-state index in [1.54, 1.807) is 0 Å². The Morgan fingerprint density at radius 2 is 1.52 bits per heavy atom. The minimum Gasteiger partial charge on any atom is -0.467 e. The van der Waals surface area contributed by atoms with Crippen molar-refractivity contribution in [3.63, 3.8) is 0 Å². The molecular weight excluding hydrogens is 408 g/mol. The number of hydrogen-bond donors (Lipinski definition) is 0. The van der Waals surface area contributed by atoms with Gasteiger partial charge in [-0.25, -0.2) is 4.79 Å². The molecule has 0 bridgehead atoms. The SMILES string of the molecule is COC(=O)[C@H]1C[C@@H](CO[Si](c2ccccc2)(c2ccccc2)C(C)(C)C)OC(C)(C)O1. The number of rotatable bonds is 6. The van der Waals surface area contributed by atoms with Crippen molar-refractivity contribution in [3.8, 4) is 0 Å². The number of benzene rings is 2. The summed E-state index contributed by atoms with van der Waals surface area (Å²) in [6.45, 7) is 10.7. The Kier molecular flexibility index (Phi) is 7.06. The van der Waals surface area contributed by atoms with Crippen molar-refractivity contribution in [2.24, 2.45) is 0 Å². The highest BCUT2D eigenvalue weighted by molar-refractivity contribution is 6.99. The zero-order valence-electron chi connectivity index (χ0n) is 19.4. The van der Waals surface area contributed by atoms with Crippen molar-refractivity contribution >= 4 is 24.7 Å². The molecule has 0 spiro atoms. The van der Waals surface area contributed by atoms with Gasteiger partial charge in [0.25, 0.3) is 8.32 Å². The summed E-state index contributed by atoms with van der Waals surface area (Å²) in [5.41, 5.74) is 0. The molecule has 1 aliphatic heterocycles. The molecule has 5 nitrogen and oxygen atoms in total. The molecule has 31 heavy (non-hydrogen) atoms. The second kappa shape index (κ2) is 9.24. The number of esters is 1. The fourth-order valence-corrected chi connectivity index (χ4v) is 9.06. The molecule has 168 valence electrons. The van der Waals surface area contributed by atoms with E-state index >= 15 is 0 Å². The van der Waals surface area contributed by atoms with Crippen LogP contribution in [-0.2, 0) is 23.4 Å². The summed E-state index contributed by atoms with van der Waals surface area (Å²) in [5, 5.41) is 2.30. The number of hydrogen-bond acceptors (Lipinski definition) is 5. The van der Waals surface area contributed by atoms with Crippen molar-refractivity contribution in [3.05, 3.63) is 60.7 Å². The minimum absolute atomic E-state index is 0.127. The molecule has 2 atom stereocenters. The molecule has 2 aromatic carbocycles. The van der Waals surface area contributed by atoms with E-state index in [-0.39, 0.29) is 17.1 Å². The van der Waals surface area contributed by atoms with Gasteiger partial charge >= 0.3 is 5.97 Å². The highest BCUT2D eigenvalue weighted by Gasteiger charge is 2.51. The maximum Gasteiger partial charge on any atom is 0.335 e. The lowest BCUT2D eigenvalue weighted by Gasteiger charge is -2.45. The van der Waals surface area contributed by atoms with Crippen LogP contribution in [0.15, 0.2) is 60.7 Å². The van der Waals surface area contributed by atoms with Crippen LogP contribution in [0, 0.1) is 0 Å². The summed E-state index contributed by atoms with van der Waals surface area (Å²) in [5.74, 6) is -1.27. The van der Waals surface area contributed by atoms with Crippen molar-refractivity contribution in [1.29, 1.82) is 0 Å². The smallest absolute Gasteiger partial charge is 0.335 e. The summed E-state index contributed by atoms with van der Waals surface area (Å²) in [6.07, 6.45) is -0.551. The average Bonchev–Trinajstić information content (AvgIpc) is 2.73. The second-order valence-electron chi connectivity index (χ2n) is 9.48. The van der Waals surface area contributed by atoms with Crippen molar-refractivity contribution in [2.45, 2.75) is 64.1 Å². The van der Waals surface area contributed by atoms with E-state index in [1.807, 2.05) is 26.0 Å². The zero-order valence-corrected chi connectivity index (χ0v) is 20.4. The molecule has 1 heterocycles. The predicted octanol–water partition coefficient (Wildman–Crippen LogP) is 3.65. The maximum atomic E-state index is 12.2. The molecular formula is C25H34O5Si. The number of carbonyl (C=O) groups is 1. The third-order valence-corrected chi connectivity index (χ3v) is 10.7. The van der Waals surface area contributed by atoms with Crippen LogP contribution in [0.3, 0.4) is 0 Å². The molecule has 6 heteroatoms. The standard InChI is InChI=1S/C25H34O5Si/c1-24(2,3)31(20-13-9-7-10-14-20,21-15-11-8-12-16-21)28-18-19-17-22(23(26)27-6)30-25(4,5)29-19/h7-16,19,22H,17-18H2,1-6H3/t19-,22+/m0/s1. The Balaban J connectivity index is 1.97. The van der Waals surface area contributed by atoms with Gasteiger partial charge in [0.2, 0.25) is 0 Å². The number of methoxy groups -OCH3 is 1. The Labute approximate surface area is 186 Å². The molecule has 0 unspecified atom stereocenters. The van der Waals surface area contributed by atoms with Crippen LogP contribution < -0.4 is 10.4 Å². The minimum atomic E-state index is -2.67. The monoisotopic (exact) mass is 442 g/mol.